The van der Waals surface area contributed by atoms with Crippen molar-refractivity contribution in [3.8, 4) is 17.1 Å². The molecule has 0 unspecified atom stereocenters. The zero-order valence-electron chi connectivity index (χ0n) is 27.6. The summed E-state index contributed by atoms with van der Waals surface area (Å²) >= 11 is 0. The number of rotatable bonds is 5. The minimum atomic E-state index is -4.25. The van der Waals surface area contributed by atoms with Gasteiger partial charge in [0.15, 0.2) is 10.7 Å². The zero-order chi connectivity index (χ0) is 33.6. The van der Waals surface area contributed by atoms with Crippen molar-refractivity contribution in [1.29, 1.82) is 0 Å². The molecule has 244 valence electrons. The molecule has 0 spiro atoms. The summed E-state index contributed by atoms with van der Waals surface area (Å²) in [6.45, 7) is 13.9. The van der Waals surface area contributed by atoms with Crippen LogP contribution in [0.3, 0.4) is 0 Å². The summed E-state index contributed by atoms with van der Waals surface area (Å²) in [5, 5.41) is 14.6. The van der Waals surface area contributed by atoms with Crippen LogP contribution in [0.1, 0.15) is 73.8 Å². The Kier molecular flexibility index (Phi) is 8.73. The number of hydrogen-bond acceptors (Lipinski definition) is 8. The van der Waals surface area contributed by atoms with Crippen LogP contribution in [-0.4, -0.2) is 56.7 Å². The summed E-state index contributed by atoms with van der Waals surface area (Å²) < 4.78 is 37.3. The Bertz CT molecular complexity index is 1850. The summed E-state index contributed by atoms with van der Waals surface area (Å²) in [5.74, 6) is -0.412. The number of fused-ring (bicyclic) bond motifs is 4. The van der Waals surface area contributed by atoms with E-state index in [0.29, 0.717) is 12.1 Å². The number of aryl methyl sites for hydroxylation is 3. The van der Waals surface area contributed by atoms with Gasteiger partial charge >= 0.3 is 0 Å². The van der Waals surface area contributed by atoms with E-state index in [1.54, 1.807) is 24.8 Å². The lowest BCUT2D eigenvalue weighted by atomic mass is 9.87. The maximum absolute atomic E-state index is 14.3. The summed E-state index contributed by atoms with van der Waals surface area (Å²) in [6, 6.07) is 15.8. The van der Waals surface area contributed by atoms with Crippen LogP contribution in [0.25, 0.3) is 11.3 Å². The van der Waals surface area contributed by atoms with Gasteiger partial charge < -0.3 is 14.7 Å². The van der Waals surface area contributed by atoms with E-state index >= 15 is 0 Å². The maximum atomic E-state index is 14.3. The maximum Gasteiger partial charge on any atom is 0.281 e. The Morgan fingerprint density at radius 1 is 0.978 bits per heavy atom. The van der Waals surface area contributed by atoms with E-state index in [0.717, 1.165) is 27.8 Å². The number of sulfonamides is 1. The van der Waals surface area contributed by atoms with E-state index in [-0.39, 0.29) is 41.1 Å². The second-order valence-corrected chi connectivity index (χ2v) is 15.3. The average Bonchev–Trinajstić information content (AvgIpc) is 3.35. The summed E-state index contributed by atoms with van der Waals surface area (Å²) in [7, 11) is -2.77. The van der Waals surface area contributed by atoms with Crippen LogP contribution in [0.5, 0.6) is 5.88 Å². The minimum absolute atomic E-state index is 0.0157. The van der Waals surface area contributed by atoms with Gasteiger partial charge in [0.1, 0.15) is 6.61 Å². The van der Waals surface area contributed by atoms with Crippen LogP contribution in [0.15, 0.2) is 59.6 Å². The number of benzene rings is 2. The predicted molar refractivity (Wildman–Crippen MR) is 176 cm³/mol. The fraction of sp³-hybridized carbons (Fsp3) is 0.412. The molecule has 4 aromatic rings. The zero-order valence-corrected chi connectivity index (χ0v) is 28.4. The molecule has 0 saturated carbocycles. The first kappa shape index (κ1) is 33.1. The third-order valence-electron chi connectivity index (χ3n) is 7.98. The van der Waals surface area contributed by atoms with Crippen LogP contribution in [0.2, 0.25) is 0 Å². The van der Waals surface area contributed by atoms with Gasteiger partial charge in [0.05, 0.1) is 17.3 Å². The second-order valence-electron chi connectivity index (χ2n) is 13.7. The lowest BCUT2D eigenvalue weighted by Gasteiger charge is -2.35. The van der Waals surface area contributed by atoms with Gasteiger partial charge in [-0.05, 0) is 61.8 Å². The van der Waals surface area contributed by atoms with Crippen LogP contribution in [0.4, 0.5) is 5.95 Å². The van der Waals surface area contributed by atoms with Crippen molar-refractivity contribution >= 4 is 21.9 Å². The largest absolute Gasteiger partial charge is 0.475 e. The highest BCUT2D eigenvalue weighted by molar-refractivity contribution is 7.92. The van der Waals surface area contributed by atoms with Gasteiger partial charge in [-0.3, -0.25) is 9.48 Å². The SMILES string of the molecule is Cc1cccc(C)c1-c1cc2nc(n1)NS(=O)(=O)c1cc(nn1C)C(=O)N(Cc1ccc(C(C)(C)O)cc1)[C@H](CC(C)(C)C)CO2. The van der Waals surface area contributed by atoms with E-state index in [9.17, 15) is 18.3 Å². The smallest absolute Gasteiger partial charge is 0.281 e. The summed E-state index contributed by atoms with van der Waals surface area (Å²) in [6.07, 6.45) is 0.568. The Labute approximate surface area is 270 Å². The highest BCUT2D eigenvalue weighted by atomic mass is 32.2. The Morgan fingerprint density at radius 2 is 1.63 bits per heavy atom. The van der Waals surface area contributed by atoms with Gasteiger partial charge in [-0.2, -0.15) is 18.5 Å². The quantitative estimate of drug-likeness (QED) is 0.295. The average molecular weight is 647 g/mol. The third-order valence-corrected chi connectivity index (χ3v) is 9.37. The number of carbonyl (C=O) groups is 1. The molecule has 1 amide bonds. The van der Waals surface area contributed by atoms with Crippen molar-refractivity contribution in [2.45, 2.75) is 78.1 Å². The van der Waals surface area contributed by atoms with Gasteiger partial charge in [-0.15, -0.1) is 0 Å². The summed E-state index contributed by atoms with van der Waals surface area (Å²) in [5.41, 5.74) is 3.62. The first-order valence-electron chi connectivity index (χ1n) is 15.2. The van der Waals surface area contributed by atoms with E-state index in [1.807, 2.05) is 56.3 Å². The molecule has 5 rings (SSSR count). The lowest BCUT2D eigenvalue weighted by Crippen LogP contribution is -2.45. The van der Waals surface area contributed by atoms with E-state index < -0.39 is 27.6 Å². The second kappa shape index (κ2) is 12.1. The number of hydrogen-bond donors (Lipinski definition) is 2. The Balaban J connectivity index is 1.66. The number of ether oxygens (including phenoxy) is 1. The Morgan fingerprint density at radius 3 is 2.24 bits per heavy atom. The first-order valence-corrected chi connectivity index (χ1v) is 16.7. The molecule has 0 aliphatic carbocycles. The monoisotopic (exact) mass is 646 g/mol. The van der Waals surface area contributed by atoms with Crippen molar-refractivity contribution in [1.82, 2.24) is 24.6 Å². The number of anilines is 1. The number of nitrogens with zero attached hydrogens (tertiary/aromatic N) is 5. The van der Waals surface area contributed by atoms with E-state index in [1.165, 1.54) is 17.8 Å². The molecule has 1 atom stereocenters. The molecule has 46 heavy (non-hydrogen) atoms. The number of amides is 1. The Hall–Kier alpha value is -4.29. The topological polar surface area (TPSA) is 140 Å². The standard InChI is InChI=1S/C34H42N6O5S/c1-21-10-9-11-22(2)30(21)26-16-28-36-32(35-26)38-46(43,44)29-17-27(37-39(29)8)31(41)40(25(20-45-28)18-33(3,4)5)19-23-12-14-24(15-13-23)34(6,7)42/h9-17,25,42H,18-20H2,1-8H3,(H,35,36,38)/t25-/m1/s1. The van der Waals surface area contributed by atoms with E-state index in [2.05, 4.69) is 40.6 Å². The van der Waals surface area contributed by atoms with Crippen molar-refractivity contribution < 1.29 is 23.1 Å². The van der Waals surface area contributed by atoms with E-state index in [4.69, 9.17) is 4.74 Å². The molecule has 12 heteroatoms. The minimum Gasteiger partial charge on any atom is -0.475 e. The van der Waals surface area contributed by atoms with Gasteiger partial charge in [0.2, 0.25) is 11.8 Å². The van der Waals surface area contributed by atoms with Gasteiger partial charge in [-0.25, -0.2) is 9.71 Å². The first-order chi connectivity index (χ1) is 21.4. The molecule has 1 aliphatic rings. The lowest BCUT2D eigenvalue weighted by molar-refractivity contribution is 0.0506. The molecule has 2 aromatic carbocycles. The van der Waals surface area contributed by atoms with Crippen molar-refractivity contribution in [3.63, 3.8) is 0 Å². The van der Waals surface area contributed by atoms with Crippen LogP contribution >= 0.6 is 0 Å². The third kappa shape index (κ3) is 7.23. The molecule has 2 aromatic heterocycles. The highest BCUT2D eigenvalue weighted by Crippen LogP contribution is 2.32. The number of aromatic nitrogens is 4. The molecule has 1 aliphatic heterocycles. The fourth-order valence-electron chi connectivity index (χ4n) is 5.75. The molecular formula is C34H42N6O5S. The normalized spacial score (nSPS) is 16.9. The number of nitrogens with one attached hydrogen (secondary N) is 1. The van der Waals surface area contributed by atoms with Gasteiger partial charge in [0.25, 0.3) is 15.9 Å². The number of carbonyl (C=O) groups excluding carboxylic acids is 1. The predicted octanol–water partition coefficient (Wildman–Crippen LogP) is 5.36. The molecule has 2 N–H and O–H groups in total. The molecule has 3 heterocycles. The fourth-order valence-corrected chi connectivity index (χ4v) is 6.84. The highest BCUT2D eigenvalue weighted by Gasteiger charge is 2.33. The number of aliphatic hydroxyl groups is 1. The molecular weight excluding hydrogens is 604 g/mol. The van der Waals surface area contributed by atoms with Crippen molar-refractivity contribution in [3.05, 3.63) is 82.5 Å². The van der Waals surface area contributed by atoms with Crippen LogP contribution < -0.4 is 9.46 Å². The van der Waals surface area contributed by atoms with Gasteiger partial charge in [-0.1, -0.05) is 63.2 Å². The van der Waals surface area contributed by atoms with Crippen molar-refractivity contribution in [2.24, 2.45) is 12.5 Å². The van der Waals surface area contributed by atoms with Crippen LogP contribution in [0, 0.1) is 19.3 Å². The molecule has 11 nitrogen and oxygen atoms in total. The molecule has 0 radical (unpaired) electrons. The van der Waals surface area contributed by atoms with Crippen molar-refractivity contribution in [2.75, 3.05) is 11.3 Å². The summed E-state index contributed by atoms with van der Waals surface area (Å²) in [4.78, 5) is 25.0. The molecule has 0 saturated heterocycles. The van der Waals surface area contributed by atoms with Gasteiger partial charge in [0, 0.05) is 31.3 Å². The molecule has 4 bridgehead atoms. The molecule has 0 fully saturated rings. The van der Waals surface area contributed by atoms with Crippen LogP contribution in [-0.2, 0) is 29.2 Å².